The topological polar surface area (TPSA) is 70.2 Å². The van der Waals surface area contributed by atoms with E-state index in [0.29, 0.717) is 0 Å². The SMILES string of the molecule is c1ccc(-c2cc3ccccc3n2-c2cc3c4c(c2)Oc2ccccc2B4c2ccccc2O3)cc1.c1ccc(-c2cc3ccccc3n2-c2ccc(-c3cc4c5c(c3)Oc3ccccc3B5c3ccccc3O4)cc2)cc1.c1ccc2c(c1)Oc1cc(-c3ccc(-n4ccc5ccccc54)cc3)cc3c1B2c1ccccc1O3. The minimum absolute atomic E-state index is 0.0777. The highest BCUT2D eigenvalue weighted by Crippen LogP contribution is 2.44. The van der Waals surface area contributed by atoms with Crippen LogP contribution in [-0.2, 0) is 0 Å². The third-order valence-electron chi connectivity index (χ3n) is 23.2. The lowest BCUT2D eigenvalue weighted by Crippen LogP contribution is -2.57. The number of nitrogens with zero attached hydrogens (tertiary/aromatic N) is 3. The summed E-state index contributed by atoms with van der Waals surface area (Å²) in [5.41, 5.74) is 26.2. The summed E-state index contributed by atoms with van der Waals surface area (Å²) in [5.74, 6) is 10.5. The van der Waals surface area contributed by atoms with E-state index in [1.165, 1.54) is 71.2 Å². The molecule has 0 fully saturated rings. The van der Waals surface area contributed by atoms with E-state index in [2.05, 4.69) is 366 Å². The van der Waals surface area contributed by atoms with Crippen molar-refractivity contribution in [2.45, 2.75) is 0 Å². The standard InChI is InChI=1S/C38H24BNO2.2C32H20BNO2/c1-2-10-26(11-3-1)33-22-27-12-4-7-15-32(27)40(33)29-20-18-25(19-21-29)28-23-36-38-37(24-28)42-35-17-9-6-14-31(35)39(38)30-13-5-8-16-34(30)41-36;1-4-10-27-22(7-1)17-18-34(27)24-15-13-21(14-16-24)23-19-30-32-31(20-23)36-29-12-6-3-9-26(29)33(32)25-8-2-5-11-28(25)35-30;1-2-10-21(11-3-1)27-18-22-12-4-7-15-26(22)34(27)23-19-30-32-31(20-23)36-29-17-9-6-14-25(29)33(32)24-13-5-8-16-28(24)35-30/h1-24H;2*1-20H. The van der Waals surface area contributed by atoms with Gasteiger partial charge in [0.2, 0.25) is 0 Å². The first-order valence-electron chi connectivity index (χ1n) is 38.7. The van der Waals surface area contributed by atoms with Gasteiger partial charge < -0.3 is 42.1 Å². The number of rotatable bonds is 7. The fourth-order valence-corrected chi connectivity index (χ4v) is 18.1. The first-order valence-corrected chi connectivity index (χ1v) is 38.7. The van der Waals surface area contributed by atoms with Gasteiger partial charge in [0.25, 0.3) is 20.1 Å². The Bertz CT molecular complexity index is 6880. The first-order chi connectivity index (χ1) is 56.5. The van der Waals surface area contributed by atoms with Crippen LogP contribution >= 0.6 is 0 Å². The first kappa shape index (κ1) is 65.1. The average Bonchev–Trinajstić information content (AvgIpc) is 0.738. The van der Waals surface area contributed by atoms with Gasteiger partial charge in [-0.2, -0.15) is 0 Å². The molecule has 9 nitrogen and oxygen atoms in total. The fraction of sp³-hybridized carbons (Fsp3) is 0. The van der Waals surface area contributed by atoms with Crippen LogP contribution in [0.4, 0.5) is 0 Å². The van der Waals surface area contributed by atoms with Crippen LogP contribution in [0, 0.1) is 0 Å². The molecule has 3 aromatic heterocycles. The van der Waals surface area contributed by atoms with Crippen LogP contribution in [-0.4, -0.2) is 33.8 Å². The van der Waals surface area contributed by atoms with Crippen molar-refractivity contribution in [3.8, 4) is 131 Å². The molecular weight excluding hydrogens is 1400 g/mol. The highest BCUT2D eigenvalue weighted by atomic mass is 16.5. The van der Waals surface area contributed by atoms with E-state index in [-0.39, 0.29) is 20.1 Å². The van der Waals surface area contributed by atoms with Crippen LogP contribution in [0.5, 0.6) is 69.0 Å². The van der Waals surface area contributed by atoms with E-state index in [9.17, 15) is 0 Å². The van der Waals surface area contributed by atoms with Gasteiger partial charge in [0, 0.05) is 56.9 Å². The van der Waals surface area contributed by atoms with Gasteiger partial charge in [0.1, 0.15) is 69.0 Å². The molecule has 19 aromatic rings. The van der Waals surface area contributed by atoms with Gasteiger partial charge in [-0.1, -0.05) is 249 Å². The van der Waals surface area contributed by atoms with Gasteiger partial charge in [-0.25, -0.2) is 0 Å². The summed E-state index contributed by atoms with van der Waals surface area (Å²) < 4.78 is 45.9. The smallest absolute Gasteiger partial charge is 0.260 e. The molecule has 0 saturated carbocycles. The molecule has 0 amide bonds. The van der Waals surface area contributed by atoms with Gasteiger partial charge in [0.05, 0.1) is 33.6 Å². The predicted octanol–water partition coefficient (Wildman–Crippen LogP) is 19.7. The molecule has 25 rings (SSSR count). The summed E-state index contributed by atoms with van der Waals surface area (Å²) in [6.07, 6.45) is 2.12. The highest BCUT2D eigenvalue weighted by Gasteiger charge is 2.44. The zero-order valence-corrected chi connectivity index (χ0v) is 61.5. The Kier molecular flexibility index (Phi) is 15.1. The number of hydrogen-bond acceptors (Lipinski definition) is 6. The molecule has 114 heavy (non-hydrogen) atoms. The maximum absolute atomic E-state index is 6.54. The molecule has 0 unspecified atom stereocenters. The van der Waals surface area contributed by atoms with Gasteiger partial charge in [-0.15, -0.1) is 0 Å². The molecule has 12 heteroatoms. The van der Waals surface area contributed by atoms with Crippen molar-refractivity contribution in [2.24, 2.45) is 0 Å². The number of ether oxygens (including phenoxy) is 6. The predicted molar refractivity (Wildman–Crippen MR) is 465 cm³/mol. The minimum Gasteiger partial charge on any atom is -0.458 e. The van der Waals surface area contributed by atoms with Crippen LogP contribution in [0.25, 0.3) is 94.5 Å². The third kappa shape index (κ3) is 10.7. The number of aromatic nitrogens is 3. The van der Waals surface area contributed by atoms with E-state index in [0.717, 1.165) is 141 Å². The van der Waals surface area contributed by atoms with E-state index in [4.69, 9.17) is 28.4 Å². The second kappa shape index (κ2) is 26.4. The Morgan fingerprint density at radius 1 is 0.184 bits per heavy atom. The van der Waals surface area contributed by atoms with Crippen molar-refractivity contribution >= 4 is 102 Å². The minimum atomic E-state index is 0.0777. The molecule has 0 N–H and O–H groups in total. The highest BCUT2D eigenvalue weighted by molar-refractivity contribution is 6.99. The number of benzene rings is 16. The lowest BCUT2D eigenvalue weighted by atomic mass is 9.35. The third-order valence-corrected chi connectivity index (χ3v) is 23.2. The van der Waals surface area contributed by atoms with Crippen LogP contribution in [0.2, 0.25) is 0 Å². The van der Waals surface area contributed by atoms with Crippen LogP contribution < -0.4 is 77.6 Å². The zero-order chi connectivity index (χ0) is 74.9. The molecule has 0 radical (unpaired) electrons. The van der Waals surface area contributed by atoms with Crippen molar-refractivity contribution in [3.05, 3.63) is 388 Å². The second-order valence-electron chi connectivity index (χ2n) is 29.7. The van der Waals surface area contributed by atoms with E-state index in [1.54, 1.807) is 0 Å². The normalized spacial score (nSPS) is 12.8. The molecule has 6 aliphatic rings. The van der Waals surface area contributed by atoms with E-state index < -0.39 is 0 Å². The Balaban J connectivity index is 0.000000102. The van der Waals surface area contributed by atoms with Crippen LogP contribution in [0.1, 0.15) is 0 Å². The van der Waals surface area contributed by atoms with Gasteiger partial charge >= 0.3 is 0 Å². The zero-order valence-electron chi connectivity index (χ0n) is 61.5. The maximum Gasteiger partial charge on any atom is 0.260 e. The van der Waals surface area contributed by atoms with Crippen molar-refractivity contribution in [1.29, 1.82) is 0 Å². The van der Waals surface area contributed by atoms with Gasteiger partial charge in [0.15, 0.2) is 0 Å². The van der Waals surface area contributed by atoms with Crippen molar-refractivity contribution in [1.82, 2.24) is 13.7 Å². The van der Waals surface area contributed by atoms with Crippen LogP contribution in [0.15, 0.2) is 388 Å². The summed E-state index contributed by atoms with van der Waals surface area (Å²) in [5, 5.41) is 3.65. The van der Waals surface area contributed by atoms with Crippen molar-refractivity contribution in [3.63, 3.8) is 0 Å². The average molecular weight is 1460 g/mol. The summed E-state index contributed by atoms with van der Waals surface area (Å²) in [6, 6.07) is 134. The maximum atomic E-state index is 6.54. The largest absolute Gasteiger partial charge is 0.458 e. The Hall–Kier alpha value is -14.9. The van der Waals surface area contributed by atoms with Crippen molar-refractivity contribution < 1.29 is 28.4 Å². The van der Waals surface area contributed by atoms with Gasteiger partial charge in [-0.3, -0.25) is 0 Å². The van der Waals surface area contributed by atoms with Crippen LogP contribution in [0.3, 0.4) is 0 Å². The molecule has 16 aromatic carbocycles. The quantitative estimate of drug-likeness (QED) is 0.148. The number of hydrogen-bond donors (Lipinski definition) is 0. The lowest BCUT2D eigenvalue weighted by molar-refractivity contribution is 0.464. The lowest BCUT2D eigenvalue weighted by Gasteiger charge is -2.33. The van der Waals surface area contributed by atoms with Crippen molar-refractivity contribution in [2.75, 3.05) is 0 Å². The molecule has 6 aliphatic heterocycles. The molecule has 9 heterocycles. The van der Waals surface area contributed by atoms with Gasteiger partial charge in [-0.05, 0) is 193 Å². The molecular formula is C102H64B3N3O6. The monoisotopic (exact) mass is 1460 g/mol. The number of para-hydroxylation sites is 9. The fourth-order valence-electron chi connectivity index (χ4n) is 18.1. The van der Waals surface area contributed by atoms with E-state index in [1.807, 2.05) is 36.4 Å². The Morgan fingerprint density at radius 2 is 0.474 bits per heavy atom. The molecule has 0 bridgehead atoms. The Labute approximate surface area is 659 Å². The molecule has 532 valence electrons. The number of fused-ring (bicyclic) bond motifs is 15. The summed E-state index contributed by atoms with van der Waals surface area (Å²) in [7, 11) is 0. The summed E-state index contributed by atoms with van der Waals surface area (Å²) in [6.45, 7) is 0.261. The molecule has 0 saturated heterocycles. The molecule has 0 atom stereocenters. The Morgan fingerprint density at radius 3 is 0.842 bits per heavy atom. The van der Waals surface area contributed by atoms with E-state index >= 15 is 0 Å². The molecule has 0 spiro atoms. The summed E-state index contributed by atoms with van der Waals surface area (Å²) in [4.78, 5) is 0. The second-order valence-corrected chi connectivity index (χ2v) is 29.7. The summed E-state index contributed by atoms with van der Waals surface area (Å²) >= 11 is 0. The molecule has 0 aliphatic carbocycles.